The Balaban J connectivity index is 1.63. The Morgan fingerprint density at radius 3 is 2.79 bits per heavy atom. The number of hydrogen-bond acceptors (Lipinski definition) is 6. The molecule has 170 valence electrons. The van der Waals surface area contributed by atoms with Crippen LogP contribution in [0.2, 0.25) is 0 Å². The number of fused-ring (bicyclic) bond motifs is 1. The molecule has 0 N–H and O–H groups in total. The van der Waals surface area contributed by atoms with Gasteiger partial charge in [-0.25, -0.2) is 0 Å². The van der Waals surface area contributed by atoms with E-state index in [1.54, 1.807) is 42.1 Å². The number of ether oxygens (including phenoxy) is 1. The fourth-order valence-electron chi connectivity index (χ4n) is 4.24. The Morgan fingerprint density at radius 1 is 1.30 bits per heavy atom. The lowest BCUT2D eigenvalue weighted by Crippen LogP contribution is -2.33. The largest absolute Gasteiger partial charge is 0.755 e. The van der Waals surface area contributed by atoms with Gasteiger partial charge in [0.05, 0.1) is 30.5 Å². The fraction of sp³-hybridized carbons (Fsp3) is 0.292. The second kappa shape index (κ2) is 9.98. The maximum atomic E-state index is 12.3. The van der Waals surface area contributed by atoms with Crippen LogP contribution in [0.3, 0.4) is 0 Å². The van der Waals surface area contributed by atoms with Crippen LogP contribution in [-0.2, 0) is 33.8 Å². The highest BCUT2D eigenvalue weighted by molar-refractivity contribution is 7.80. The molecule has 4 rings (SSSR count). The SMILES string of the molecule is CCOC(=O)Cn1ncc2c1CCCC2N(c1ccc(-c2cccc(C#N)c2)cc1)S(=O)[O-]. The average molecular weight is 464 g/mol. The van der Waals surface area contributed by atoms with Gasteiger partial charge in [-0.3, -0.25) is 18.0 Å². The molecular weight excluding hydrogens is 440 g/mol. The molecule has 0 spiro atoms. The zero-order chi connectivity index (χ0) is 23.4. The zero-order valence-corrected chi connectivity index (χ0v) is 19.0. The second-order valence-electron chi connectivity index (χ2n) is 7.70. The summed E-state index contributed by atoms with van der Waals surface area (Å²) in [6.07, 6.45) is 3.80. The van der Waals surface area contributed by atoms with Crippen molar-refractivity contribution in [2.24, 2.45) is 0 Å². The third-order valence-corrected chi connectivity index (χ3v) is 6.49. The first kappa shape index (κ1) is 22.7. The van der Waals surface area contributed by atoms with E-state index in [0.29, 0.717) is 24.3 Å². The summed E-state index contributed by atoms with van der Waals surface area (Å²) in [4.78, 5) is 11.9. The molecule has 1 aliphatic carbocycles. The highest BCUT2D eigenvalue weighted by Gasteiger charge is 2.30. The van der Waals surface area contributed by atoms with Crippen molar-refractivity contribution in [2.75, 3.05) is 10.9 Å². The standard InChI is InChI=1S/C24H24N4O4S/c1-2-32-24(29)16-27-22-7-4-8-23(21(22)15-26-27)28(33(30)31)20-11-9-18(10-12-20)19-6-3-5-17(13-19)14-25/h3,5-6,9-13,15,23H,2,4,7-8,16H2,1H3,(H,30,31)/p-1. The Bertz CT molecular complexity index is 1220. The highest BCUT2D eigenvalue weighted by Crippen LogP contribution is 2.38. The van der Waals surface area contributed by atoms with Crippen LogP contribution in [0.4, 0.5) is 5.69 Å². The molecule has 0 aliphatic heterocycles. The molecule has 1 aromatic heterocycles. The maximum absolute atomic E-state index is 12.3. The van der Waals surface area contributed by atoms with Gasteiger partial charge in [0.2, 0.25) is 0 Å². The molecule has 2 aromatic carbocycles. The van der Waals surface area contributed by atoms with Gasteiger partial charge in [-0.05, 0) is 61.6 Å². The van der Waals surface area contributed by atoms with E-state index >= 15 is 0 Å². The lowest BCUT2D eigenvalue weighted by Gasteiger charge is -2.37. The molecule has 0 radical (unpaired) electrons. The summed E-state index contributed by atoms with van der Waals surface area (Å²) in [5, 5.41) is 13.5. The number of hydrogen-bond donors (Lipinski definition) is 0. The summed E-state index contributed by atoms with van der Waals surface area (Å²) in [5.41, 5.74) is 4.54. The number of nitriles is 1. The van der Waals surface area contributed by atoms with Gasteiger partial charge in [-0.1, -0.05) is 24.3 Å². The summed E-state index contributed by atoms with van der Waals surface area (Å²) >= 11 is -2.51. The molecule has 1 aliphatic rings. The Morgan fingerprint density at radius 2 is 2.09 bits per heavy atom. The number of carbonyl (C=O) groups is 1. The fourth-order valence-corrected chi connectivity index (χ4v) is 4.96. The third-order valence-electron chi connectivity index (χ3n) is 5.71. The molecule has 8 nitrogen and oxygen atoms in total. The summed E-state index contributed by atoms with van der Waals surface area (Å²) in [7, 11) is 0. The summed E-state index contributed by atoms with van der Waals surface area (Å²) in [5.74, 6) is -0.370. The molecule has 3 aromatic rings. The first-order valence-electron chi connectivity index (χ1n) is 10.7. The molecule has 0 saturated carbocycles. The first-order chi connectivity index (χ1) is 16.0. The van der Waals surface area contributed by atoms with Gasteiger partial charge in [0.1, 0.15) is 6.54 Å². The number of anilines is 1. The van der Waals surface area contributed by atoms with E-state index in [9.17, 15) is 13.6 Å². The van der Waals surface area contributed by atoms with Crippen molar-refractivity contribution < 1.29 is 18.3 Å². The van der Waals surface area contributed by atoms with Gasteiger partial charge in [0, 0.05) is 28.2 Å². The number of carbonyl (C=O) groups excluding carboxylic acids is 1. The van der Waals surface area contributed by atoms with Gasteiger partial charge in [0.25, 0.3) is 0 Å². The predicted octanol–water partition coefficient (Wildman–Crippen LogP) is 3.66. The van der Waals surface area contributed by atoms with E-state index in [4.69, 9.17) is 10.00 Å². The Kier molecular flexibility index (Phi) is 6.87. The van der Waals surface area contributed by atoms with Crippen molar-refractivity contribution in [2.45, 2.75) is 38.8 Å². The maximum Gasteiger partial charge on any atom is 0.327 e. The molecule has 0 fully saturated rings. The van der Waals surface area contributed by atoms with Gasteiger partial charge in [-0.15, -0.1) is 0 Å². The number of aromatic nitrogens is 2. The van der Waals surface area contributed by atoms with E-state index in [-0.39, 0.29) is 12.5 Å². The van der Waals surface area contributed by atoms with Gasteiger partial charge >= 0.3 is 5.97 Å². The molecule has 1 heterocycles. The van der Waals surface area contributed by atoms with Crippen molar-refractivity contribution in [3.8, 4) is 17.2 Å². The van der Waals surface area contributed by atoms with Crippen molar-refractivity contribution in [1.29, 1.82) is 5.26 Å². The van der Waals surface area contributed by atoms with Crippen molar-refractivity contribution in [3.05, 3.63) is 71.5 Å². The van der Waals surface area contributed by atoms with E-state index in [1.807, 2.05) is 24.3 Å². The number of esters is 1. The van der Waals surface area contributed by atoms with Crippen LogP contribution < -0.4 is 4.31 Å². The minimum absolute atomic E-state index is 0.00676. The Hall–Kier alpha value is -3.48. The van der Waals surface area contributed by atoms with Crippen molar-refractivity contribution in [3.63, 3.8) is 0 Å². The normalized spacial score (nSPS) is 15.8. The predicted molar refractivity (Wildman–Crippen MR) is 123 cm³/mol. The van der Waals surface area contributed by atoms with Crippen LogP contribution in [0.5, 0.6) is 0 Å². The Labute approximate surface area is 194 Å². The molecular formula is C24H23N4O4S-. The second-order valence-corrected chi connectivity index (χ2v) is 8.53. The van der Waals surface area contributed by atoms with E-state index in [2.05, 4.69) is 11.2 Å². The highest BCUT2D eigenvalue weighted by atomic mass is 32.2. The number of nitrogens with zero attached hydrogens (tertiary/aromatic N) is 4. The molecule has 9 heteroatoms. The summed E-state index contributed by atoms with van der Waals surface area (Å²) in [6.45, 7) is 2.05. The van der Waals surface area contributed by atoms with E-state index in [1.165, 1.54) is 4.31 Å². The van der Waals surface area contributed by atoms with Gasteiger partial charge < -0.3 is 9.29 Å². The number of rotatable bonds is 7. The molecule has 0 amide bonds. The average Bonchev–Trinajstić information content (AvgIpc) is 3.23. The minimum Gasteiger partial charge on any atom is -0.755 e. The minimum atomic E-state index is -2.51. The monoisotopic (exact) mass is 463 g/mol. The van der Waals surface area contributed by atoms with Crippen LogP contribution in [0.15, 0.2) is 54.7 Å². The smallest absolute Gasteiger partial charge is 0.327 e. The molecule has 2 atom stereocenters. The zero-order valence-electron chi connectivity index (χ0n) is 18.1. The topological polar surface area (TPSA) is 111 Å². The van der Waals surface area contributed by atoms with Gasteiger partial charge in [0.15, 0.2) is 0 Å². The first-order valence-corrected chi connectivity index (χ1v) is 11.7. The van der Waals surface area contributed by atoms with Crippen LogP contribution >= 0.6 is 0 Å². The van der Waals surface area contributed by atoms with E-state index in [0.717, 1.165) is 35.2 Å². The third kappa shape index (κ3) is 4.82. The van der Waals surface area contributed by atoms with Gasteiger partial charge in [-0.2, -0.15) is 10.4 Å². The van der Waals surface area contributed by atoms with Crippen molar-refractivity contribution in [1.82, 2.24) is 9.78 Å². The molecule has 2 unspecified atom stereocenters. The van der Waals surface area contributed by atoms with Crippen LogP contribution in [0, 0.1) is 11.3 Å². The van der Waals surface area contributed by atoms with E-state index < -0.39 is 17.3 Å². The molecule has 0 bridgehead atoms. The molecule has 0 saturated heterocycles. The summed E-state index contributed by atoms with van der Waals surface area (Å²) in [6, 6.07) is 16.2. The quantitative estimate of drug-likeness (QED) is 0.390. The summed E-state index contributed by atoms with van der Waals surface area (Å²) < 4.78 is 32.6. The molecule has 33 heavy (non-hydrogen) atoms. The van der Waals surface area contributed by atoms with Crippen LogP contribution in [0.1, 0.15) is 42.6 Å². The van der Waals surface area contributed by atoms with Crippen LogP contribution in [-0.4, -0.2) is 31.1 Å². The lowest BCUT2D eigenvalue weighted by atomic mass is 9.92. The number of benzene rings is 2. The van der Waals surface area contributed by atoms with Crippen molar-refractivity contribution >= 4 is 22.9 Å². The van der Waals surface area contributed by atoms with Crippen LogP contribution in [0.25, 0.3) is 11.1 Å². The lowest BCUT2D eigenvalue weighted by molar-refractivity contribution is -0.144.